The van der Waals surface area contributed by atoms with E-state index < -0.39 is 56.7 Å². The third kappa shape index (κ3) is 8.20. The first-order valence-corrected chi connectivity index (χ1v) is 27.7. The summed E-state index contributed by atoms with van der Waals surface area (Å²) < 4.78 is 205. The minimum Gasteiger partial charge on any atom is -0.0561 e. The van der Waals surface area contributed by atoms with Gasteiger partial charge in [-0.3, -0.25) is 0 Å². The van der Waals surface area contributed by atoms with Gasteiger partial charge in [-0.05, 0) is 263 Å². The van der Waals surface area contributed by atoms with E-state index in [9.17, 15) is 27.4 Å². The van der Waals surface area contributed by atoms with Crippen LogP contribution in [0.1, 0.15) is 191 Å². The lowest BCUT2D eigenvalue weighted by Crippen LogP contribution is -2.12. The smallest absolute Gasteiger partial charge is 0.0561 e. The van der Waals surface area contributed by atoms with Crippen LogP contribution in [-0.4, -0.2) is 0 Å². The van der Waals surface area contributed by atoms with Crippen molar-refractivity contribution in [2.75, 3.05) is 0 Å². The van der Waals surface area contributed by atoms with Gasteiger partial charge in [0.05, 0.1) is 27.4 Å². The zero-order chi connectivity index (χ0) is 73.6. The zero-order valence-electron chi connectivity index (χ0n) is 69.2. The first-order chi connectivity index (χ1) is 45.3. The monoisotopic (exact) mass is 1050 g/mol. The SMILES string of the molecule is [2H]c1c(C(C)(C)C)c([2H])c2c([2H])c(-c3cc(-c4c([2H])c5c([2H])c(C(C)(C)C)c([2H])c6c([2H])c([2H])c7c([2H])c(C(C)(C)C)c([2H])c4c7c65)cc(-c4c([2H])c5c([2H])c(C(C)(C)C)c([2H])c6c([2H])c(C)c7c([2H])c(C(C)(C)C)c([2H])c4c7c65)c3)c3c([2H])c(C(C)(C)C)c([2H])c4c([2H])c([2H])c1c2c43. The first-order valence-electron chi connectivity index (χ1n) is 37.7. The van der Waals surface area contributed by atoms with E-state index in [0.29, 0.717) is 5.56 Å². The molecular weight excluding hydrogens is 949 g/mol. The predicted octanol–water partition coefficient (Wildman–Crippen LogP) is 23.5. The molecule has 396 valence electrons. The van der Waals surface area contributed by atoms with Gasteiger partial charge in [-0.15, -0.1) is 0 Å². The molecule has 0 bridgehead atoms. The van der Waals surface area contributed by atoms with Crippen LogP contribution in [-0.2, 0) is 32.5 Å². The van der Waals surface area contributed by atoms with Crippen LogP contribution in [0.4, 0.5) is 0 Å². The van der Waals surface area contributed by atoms with Gasteiger partial charge in [-0.1, -0.05) is 209 Å². The summed E-state index contributed by atoms with van der Waals surface area (Å²) in [5.41, 5.74) is -4.09. The Morgan fingerprint density at radius 1 is 0.241 bits per heavy atom. The normalized spacial score (nSPS) is 17.3. The molecule has 0 radical (unpaired) electrons. The minimum absolute atomic E-state index is 0.0217. The average Bonchev–Trinajstić information content (AvgIpc) is 0.691. The highest BCUT2D eigenvalue weighted by Gasteiger charge is 2.28. The quantitative estimate of drug-likeness (QED) is 0.155. The lowest BCUT2D eigenvalue weighted by molar-refractivity contribution is 0.591. The Kier molecular flexibility index (Phi) is 7.02. The summed E-state index contributed by atoms with van der Waals surface area (Å²) in [7, 11) is 0. The van der Waals surface area contributed by atoms with Crippen LogP contribution in [0.15, 0.2) is 139 Å². The van der Waals surface area contributed by atoms with Gasteiger partial charge in [0.15, 0.2) is 0 Å². The second-order valence-corrected chi connectivity index (χ2v) is 28.5. The van der Waals surface area contributed by atoms with E-state index in [1.54, 1.807) is 25.1 Å². The molecule has 0 atom stereocenters. The van der Waals surface area contributed by atoms with E-state index in [1.165, 1.54) is 0 Å². The van der Waals surface area contributed by atoms with Gasteiger partial charge in [0.1, 0.15) is 0 Å². The molecule has 0 amide bonds. The molecule has 0 spiro atoms. The molecule has 0 heterocycles. The lowest BCUT2D eigenvalue weighted by Gasteiger charge is -2.26. The summed E-state index contributed by atoms with van der Waals surface area (Å²) >= 11 is 0. The van der Waals surface area contributed by atoms with Crippen LogP contribution in [0, 0.1) is 6.92 Å². The summed E-state index contributed by atoms with van der Waals surface area (Å²) in [6, 6.07) is 0.0178. The summed E-state index contributed by atoms with van der Waals surface area (Å²) in [6.07, 6.45) is 0. The molecule has 0 aliphatic heterocycles. The number of aryl methyl sites for hydroxylation is 1. The topological polar surface area (TPSA) is 0 Å². The molecule has 0 saturated heterocycles. The van der Waals surface area contributed by atoms with Crippen molar-refractivity contribution < 1.29 is 27.4 Å². The Bertz CT molecular complexity index is 5310. The summed E-state index contributed by atoms with van der Waals surface area (Å²) in [4.78, 5) is 0. The van der Waals surface area contributed by atoms with Crippen LogP contribution >= 0.6 is 0 Å². The first kappa shape index (κ1) is 33.5. The molecule has 0 fully saturated rings. The minimum atomic E-state index is -1.01. The fourth-order valence-corrected chi connectivity index (χ4v) is 11.3. The second-order valence-electron chi connectivity index (χ2n) is 28.5. The van der Waals surface area contributed by atoms with Crippen molar-refractivity contribution in [2.45, 2.75) is 164 Å². The number of rotatable bonds is 3. The van der Waals surface area contributed by atoms with Crippen LogP contribution in [0.3, 0.4) is 0 Å². The maximum atomic E-state index is 11.0. The van der Waals surface area contributed by atoms with Crippen LogP contribution in [0.25, 0.3) is 130 Å². The van der Waals surface area contributed by atoms with E-state index >= 15 is 0 Å². The number of benzene rings is 13. The van der Waals surface area contributed by atoms with Crippen LogP contribution < -0.4 is 0 Å². The highest BCUT2D eigenvalue weighted by molar-refractivity contribution is 6.30. The Hall–Kier alpha value is -7.02. The maximum Gasteiger partial charge on any atom is 0.0636 e. The standard InChI is InChI=1S/C79H80/c1-43-24-51-32-57(76(8,9)10)35-54-38-64(67-42-60(79(17,18)19)39-61(43)73(67)70(51)54)50-26-48(62-36-52-33-55(74(2,3)4)28-44-20-22-46-30-58(77(11,12)13)40-65(62)71(46)68(44)52)25-49(27-50)63-37-53-34-56(75(5,6)7)29-45-21-23-47-31-59(78(14,15)16)41-66(63)72(47)69(45)53/h20-42H,1-19H3/i20D,21D,22D,23D,24D,28D,29D,30D,31D,32D,33D,34D,35D,36D,37D,38D,39D,40D,41D,42D. The molecule has 0 saturated carbocycles. The van der Waals surface area contributed by atoms with Crippen molar-refractivity contribution in [3.8, 4) is 33.4 Å². The van der Waals surface area contributed by atoms with Gasteiger partial charge in [-0.25, -0.2) is 0 Å². The molecule has 0 aliphatic rings. The molecule has 79 heavy (non-hydrogen) atoms. The fraction of sp³-hybridized carbons (Fsp3) is 0.316. The summed E-state index contributed by atoms with van der Waals surface area (Å²) in [5.74, 6) is 0. The van der Waals surface area contributed by atoms with Gasteiger partial charge >= 0.3 is 0 Å². The van der Waals surface area contributed by atoms with Crippen molar-refractivity contribution >= 4 is 97.0 Å². The molecule has 0 N–H and O–H groups in total. The molecule has 0 unspecified atom stereocenters. The third-order valence-electron chi connectivity index (χ3n) is 15.9. The maximum absolute atomic E-state index is 11.0. The van der Waals surface area contributed by atoms with E-state index in [1.807, 2.05) is 125 Å². The molecule has 0 aliphatic carbocycles. The molecular formula is C79H80. The van der Waals surface area contributed by atoms with E-state index in [4.69, 9.17) is 0 Å². The van der Waals surface area contributed by atoms with Crippen molar-refractivity contribution in [3.05, 3.63) is 178 Å². The van der Waals surface area contributed by atoms with Gasteiger partial charge in [-0.2, -0.15) is 0 Å². The Labute approximate surface area is 498 Å². The lowest BCUT2D eigenvalue weighted by atomic mass is 9.77. The summed E-state index contributed by atoms with van der Waals surface area (Å²) in [6.45, 7) is 34.6. The Morgan fingerprint density at radius 3 is 0.785 bits per heavy atom. The van der Waals surface area contributed by atoms with Crippen LogP contribution in [0.2, 0.25) is 0 Å². The van der Waals surface area contributed by atoms with Gasteiger partial charge in [0.25, 0.3) is 0 Å². The van der Waals surface area contributed by atoms with E-state index in [0.717, 1.165) is 0 Å². The van der Waals surface area contributed by atoms with Crippen molar-refractivity contribution in [3.63, 3.8) is 0 Å². The van der Waals surface area contributed by atoms with E-state index in [-0.39, 0.29) is 260 Å². The van der Waals surface area contributed by atoms with Crippen molar-refractivity contribution in [2.24, 2.45) is 0 Å². The number of hydrogen-bond acceptors (Lipinski definition) is 0. The highest BCUT2D eigenvalue weighted by atomic mass is 14.3. The predicted molar refractivity (Wildman–Crippen MR) is 351 cm³/mol. The summed E-state index contributed by atoms with van der Waals surface area (Å²) in [5, 5.41) is 1.12. The van der Waals surface area contributed by atoms with Crippen molar-refractivity contribution in [1.29, 1.82) is 0 Å². The molecule has 13 aromatic rings. The van der Waals surface area contributed by atoms with Gasteiger partial charge in [0, 0.05) is 0 Å². The third-order valence-corrected chi connectivity index (χ3v) is 15.9. The molecule has 0 heteroatoms. The van der Waals surface area contributed by atoms with Crippen molar-refractivity contribution in [1.82, 2.24) is 0 Å². The van der Waals surface area contributed by atoms with E-state index in [2.05, 4.69) is 0 Å². The zero-order valence-corrected chi connectivity index (χ0v) is 49.2. The highest BCUT2D eigenvalue weighted by Crippen LogP contribution is 2.51. The Morgan fingerprint density at radius 2 is 0.468 bits per heavy atom. The Balaban J connectivity index is 1.42. The largest absolute Gasteiger partial charge is 0.0636 e. The second kappa shape index (κ2) is 16.5. The number of hydrogen-bond donors (Lipinski definition) is 0. The molecule has 0 nitrogen and oxygen atoms in total. The van der Waals surface area contributed by atoms with Gasteiger partial charge < -0.3 is 0 Å². The van der Waals surface area contributed by atoms with Gasteiger partial charge in [0.2, 0.25) is 0 Å². The fourth-order valence-electron chi connectivity index (χ4n) is 11.3. The van der Waals surface area contributed by atoms with Crippen LogP contribution in [0.5, 0.6) is 0 Å². The molecule has 0 aromatic heterocycles. The average molecular weight is 1050 g/mol. The molecule has 13 aromatic carbocycles. The molecule has 13 rings (SSSR count).